The Kier molecular flexibility index (Phi) is 5.97. The highest BCUT2D eigenvalue weighted by molar-refractivity contribution is 5.78. The molecule has 0 fully saturated rings. The second-order valence-electron chi connectivity index (χ2n) is 5.11. The number of halogens is 1. The van der Waals surface area contributed by atoms with Crippen LogP contribution in [0.2, 0.25) is 0 Å². The minimum atomic E-state index is -0.358. The third kappa shape index (κ3) is 4.98. The van der Waals surface area contributed by atoms with Gasteiger partial charge in [0.05, 0.1) is 20.1 Å². The molecular weight excluding hydrogens is 297 g/mol. The molecule has 2 aromatic carbocycles. The number of carbonyl (C=O) groups is 1. The van der Waals surface area contributed by atoms with Gasteiger partial charge in [-0.15, -0.1) is 0 Å². The summed E-state index contributed by atoms with van der Waals surface area (Å²) in [5, 5.41) is 0. The molecule has 4 nitrogen and oxygen atoms in total. The number of hydrogen-bond acceptors (Lipinski definition) is 3. The molecular formula is C18H20FNO3. The minimum absolute atomic E-state index is 0.0473. The standard InChI is InChI=1S/C18H20FNO3/c1-20(18(21)13-14-5-3-4-6-17(14)19)11-12-23-16-9-7-15(22-2)8-10-16/h3-10H,11-13H2,1-2H3. The molecule has 2 rings (SSSR count). The summed E-state index contributed by atoms with van der Waals surface area (Å²) in [5.41, 5.74) is 0.403. The van der Waals surface area contributed by atoms with Crippen molar-refractivity contribution in [2.24, 2.45) is 0 Å². The molecule has 0 aliphatic carbocycles. The van der Waals surface area contributed by atoms with Gasteiger partial charge in [-0.1, -0.05) is 18.2 Å². The first-order chi connectivity index (χ1) is 11.1. The SMILES string of the molecule is COc1ccc(OCCN(C)C(=O)Cc2ccccc2F)cc1. The van der Waals surface area contributed by atoms with Gasteiger partial charge in [-0.3, -0.25) is 4.79 Å². The van der Waals surface area contributed by atoms with E-state index < -0.39 is 0 Å². The maximum absolute atomic E-state index is 13.5. The second-order valence-corrected chi connectivity index (χ2v) is 5.11. The van der Waals surface area contributed by atoms with Crippen LogP contribution in [0.5, 0.6) is 11.5 Å². The van der Waals surface area contributed by atoms with Crippen LogP contribution in [0.4, 0.5) is 4.39 Å². The van der Waals surface area contributed by atoms with E-state index in [1.807, 2.05) is 12.1 Å². The minimum Gasteiger partial charge on any atom is -0.497 e. The van der Waals surface area contributed by atoms with E-state index in [-0.39, 0.29) is 18.1 Å². The number of benzene rings is 2. The molecule has 0 saturated heterocycles. The number of hydrogen-bond donors (Lipinski definition) is 0. The summed E-state index contributed by atoms with van der Waals surface area (Å²) in [7, 11) is 3.28. The molecule has 0 bridgehead atoms. The zero-order valence-electron chi connectivity index (χ0n) is 13.3. The topological polar surface area (TPSA) is 38.8 Å². The lowest BCUT2D eigenvalue weighted by atomic mass is 10.1. The third-order valence-electron chi connectivity index (χ3n) is 3.48. The summed E-state index contributed by atoms with van der Waals surface area (Å²) in [6.07, 6.45) is 0.0473. The Hall–Kier alpha value is -2.56. The van der Waals surface area contributed by atoms with Crippen molar-refractivity contribution in [1.29, 1.82) is 0 Å². The molecule has 23 heavy (non-hydrogen) atoms. The van der Waals surface area contributed by atoms with Crippen LogP contribution in [0.1, 0.15) is 5.56 Å². The normalized spacial score (nSPS) is 10.2. The van der Waals surface area contributed by atoms with E-state index in [9.17, 15) is 9.18 Å². The summed E-state index contributed by atoms with van der Waals surface area (Å²) in [6, 6.07) is 13.5. The van der Waals surface area contributed by atoms with E-state index in [1.54, 1.807) is 44.5 Å². The zero-order chi connectivity index (χ0) is 16.7. The Labute approximate surface area is 135 Å². The van der Waals surface area contributed by atoms with Crippen molar-refractivity contribution in [3.05, 3.63) is 59.9 Å². The van der Waals surface area contributed by atoms with E-state index >= 15 is 0 Å². The third-order valence-corrected chi connectivity index (χ3v) is 3.48. The van der Waals surface area contributed by atoms with Crippen molar-refractivity contribution < 1.29 is 18.7 Å². The highest BCUT2D eigenvalue weighted by Crippen LogP contribution is 2.16. The summed E-state index contributed by atoms with van der Waals surface area (Å²) in [4.78, 5) is 13.6. The van der Waals surface area contributed by atoms with Crippen LogP contribution in [0.15, 0.2) is 48.5 Å². The van der Waals surface area contributed by atoms with E-state index in [0.29, 0.717) is 24.5 Å². The maximum atomic E-state index is 13.5. The lowest BCUT2D eigenvalue weighted by Crippen LogP contribution is -2.32. The fourth-order valence-corrected chi connectivity index (χ4v) is 2.04. The van der Waals surface area contributed by atoms with Crippen molar-refractivity contribution in [2.45, 2.75) is 6.42 Å². The molecule has 0 aliphatic rings. The molecule has 0 saturated carbocycles. The van der Waals surface area contributed by atoms with E-state index in [1.165, 1.54) is 11.0 Å². The van der Waals surface area contributed by atoms with Crippen LogP contribution in [-0.4, -0.2) is 38.1 Å². The van der Waals surface area contributed by atoms with Gasteiger partial charge in [-0.2, -0.15) is 0 Å². The fourth-order valence-electron chi connectivity index (χ4n) is 2.04. The van der Waals surface area contributed by atoms with Gasteiger partial charge >= 0.3 is 0 Å². The van der Waals surface area contributed by atoms with Crippen molar-refractivity contribution in [3.8, 4) is 11.5 Å². The Morgan fingerprint density at radius 1 is 1.09 bits per heavy atom. The number of amides is 1. The molecule has 0 unspecified atom stereocenters. The molecule has 0 heterocycles. The average Bonchev–Trinajstić information content (AvgIpc) is 2.57. The molecule has 0 radical (unpaired) electrons. The highest BCUT2D eigenvalue weighted by Gasteiger charge is 2.12. The largest absolute Gasteiger partial charge is 0.497 e. The van der Waals surface area contributed by atoms with Gasteiger partial charge in [0.25, 0.3) is 0 Å². The average molecular weight is 317 g/mol. The van der Waals surface area contributed by atoms with Crippen LogP contribution >= 0.6 is 0 Å². The summed E-state index contributed by atoms with van der Waals surface area (Å²) < 4.78 is 24.2. The Morgan fingerprint density at radius 2 is 1.74 bits per heavy atom. The van der Waals surface area contributed by atoms with Gasteiger partial charge in [-0.05, 0) is 35.9 Å². The Balaban J connectivity index is 1.78. The number of nitrogens with zero attached hydrogens (tertiary/aromatic N) is 1. The molecule has 0 N–H and O–H groups in total. The Morgan fingerprint density at radius 3 is 2.39 bits per heavy atom. The van der Waals surface area contributed by atoms with Crippen molar-refractivity contribution in [2.75, 3.05) is 27.3 Å². The second kappa shape index (κ2) is 8.17. The summed E-state index contributed by atoms with van der Waals surface area (Å²) in [6.45, 7) is 0.797. The molecule has 0 aliphatic heterocycles. The molecule has 0 aromatic heterocycles. The van der Waals surface area contributed by atoms with Gasteiger partial charge in [0.1, 0.15) is 23.9 Å². The van der Waals surface area contributed by atoms with E-state index in [2.05, 4.69) is 0 Å². The number of carbonyl (C=O) groups excluding carboxylic acids is 1. The molecule has 0 spiro atoms. The number of methoxy groups -OCH3 is 1. The Bertz CT molecular complexity index is 643. The first-order valence-electron chi connectivity index (χ1n) is 7.34. The lowest BCUT2D eigenvalue weighted by molar-refractivity contribution is -0.129. The maximum Gasteiger partial charge on any atom is 0.226 e. The summed E-state index contributed by atoms with van der Waals surface area (Å²) >= 11 is 0. The highest BCUT2D eigenvalue weighted by atomic mass is 19.1. The van der Waals surface area contributed by atoms with E-state index in [4.69, 9.17) is 9.47 Å². The first-order valence-corrected chi connectivity index (χ1v) is 7.34. The first kappa shape index (κ1) is 16.8. The number of rotatable bonds is 7. The van der Waals surface area contributed by atoms with Crippen LogP contribution < -0.4 is 9.47 Å². The summed E-state index contributed by atoms with van der Waals surface area (Å²) in [5.74, 6) is 0.965. The molecule has 122 valence electrons. The van der Waals surface area contributed by atoms with Gasteiger partial charge in [0.15, 0.2) is 0 Å². The van der Waals surface area contributed by atoms with Gasteiger partial charge in [0.2, 0.25) is 5.91 Å². The van der Waals surface area contributed by atoms with Crippen molar-refractivity contribution in [3.63, 3.8) is 0 Å². The molecule has 2 aromatic rings. The van der Waals surface area contributed by atoms with Crippen LogP contribution in [-0.2, 0) is 11.2 Å². The molecule has 0 atom stereocenters. The van der Waals surface area contributed by atoms with Crippen LogP contribution in [0, 0.1) is 5.82 Å². The quantitative estimate of drug-likeness (QED) is 0.788. The van der Waals surface area contributed by atoms with Crippen molar-refractivity contribution in [1.82, 2.24) is 4.90 Å². The zero-order valence-corrected chi connectivity index (χ0v) is 13.3. The molecule has 1 amide bonds. The number of likely N-dealkylation sites (N-methyl/N-ethyl adjacent to an activating group) is 1. The lowest BCUT2D eigenvalue weighted by Gasteiger charge is -2.17. The van der Waals surface area contributed by atoms with Crippen LogP contribution in [0.3, 0.4) is 0 Å². The monoisotopic (exact) mass is 317 g/mol. The molecule has 5 heteroatoms. The predicted molar refractivity (Wildman–Crippen MR) is 86.2 cm³/mol. The van der Waals surface area contributed by atoms with E-state index in [0.717, 1.165) is 5.75 Å². The van der Waals surface area contributed by atoms with Gasteiger partial charge < -0.3 is 14.4 Å². The number of ether oxygens (including phenoxy) is 2. The van der Waals surface area contributed by atoms with Gasteiger partial charge in [0, 0.05) is 7.05 Å². The van der Waals surface area contributed by atoms with Crippen molar-refractivity contribution >= 4 is 5.91 Å². The smallest absolute Gasteiger partial charge is 0.226 e. The predicted octanol–water partition coefficient (Wildman–Crippen LogP) is 2.91. The van der Waals surface area contributed by atoms with Crippen LogP contribution in [0.25, 0.3) is 0 Å². The fraction of sp³-hybridized carbons (Fsp3) is 0.278. The van der Waals surface area contributed by atoms with Gasteiger partial charge in [-0.25, -0.2) is 4.39 Å².